The highest BCUT2D eigenvalue weighted by Gasteiger charge is 2.20. The molecule has 0 aliphatic carbocycles. The first-order chi connectivity index (χ1) is 7.47. The summed E-state index contributed by atoms with van der Waals surface area (Å²) in [4.78, 5) is 0. The van der Waals surface area contributed by atoms with E-state index >= 15 is 0 Å². The van der Waals surface area contributed by atoms with Crippen LogP contribution in [0.5, 0.6) is 0 Å². The molecule has 2 rings (SSSR count). The second-order valence-corrected chi connectivity index (χ2v) is 5.33. The van der Waals surface area contributed by atoms with E-state index in [4.69, 9.17) is 0 Å². The lowest BCUT2D eigenvalue weighted by molar-refractivity contribution is 0.0737. The van der Waals surface area contributed by atoms with Crippen molar-refractivity contribution in [3.8, 4) is 5.69 Å². The predicted octanol–water partition coefficient (Wildman–Crippen LogP) is 2.10. The van der Waals surface area contributed by atoms with Crippen molar-refractivity contribution in [2.24, 2.45) is 0 Å². The Hall–Kier alpha value is -0.950. The van der Waals surface area contributed by atoms with Gasteiger partial charge in [0.05, 0.1) is 11.9 Å². The lowest BCUT2D eigenvalue weighted by atomic mass is 10.1. The van der Waals surface area contributed by atoms with Crippen LogP contribution in [0, 0.1) is 3.57 Å². The van der Waals surface area contributed by atoms with Gasteiger partial charge in [-0.2, -0.15) is 0 Å². The van der Waals surface area contributed by atoms with E-state index in [2.05, 4.69) is 32.9 Å². The number of aliphatic hydroxyl groups is 1. The molecule has 0 unspecified atom stereocenters. The summed E-state index contributed by atoms with van der Waals surface area (Å²) >= 11 is 2.24. The molecule has 0 atom stereocenters. The third-order valence-corrected chi connectivity index (χ3v) is 2.86. The topological polar surface area (TPSA) is 50.9 Å². The van der Waals surface area contributed by atoms with Crippen molar-refractivity contribution >= 4 is 22.6 Å². The van der Waals surface area contributed by atoms with Crippen LogP contribution in [0.2, 0.25) is 0 Å². The molecule has 0 spiro atoms. The first-order valence-electron chi connectivity index (χ1n) is 4.88. The molecule has 2 aromatic rings. The van der Waals surface area contributed by atoms with Gasteiger partial charge in [0, 0.05) is 3.57 Å². The first kappa shape index (κ1) is 11.5. The fraction of sp³-hybridized carbons (Fsp3) is 0.273. The van der Waals surface area contributed by atoms with Crippen molar-refractivity contribution in [3.05, 3.63) is 39.7 Å². The molecule has 0 bridgehead atoms. The Kier molecular flexibility index (Phi) is 2.98. The minimum Gasteiger partial charge on any atom is -0.384 e. The quantitative estimate of drug-likeness (QED) is 0.859. The van der Waals surface area contributed by atoms with Gasteiger partial charge in [-0.15, -0.1) is 5.10 Å². The van der Waals surface area contributed by atoms with E-state index in [9.17, 15) is 5.11 Å². The fourth-order valence-corrected chi connectivity index (χ4v) is 1.82. The minimum atomic E-state index is -0.958. The van der Waals surface area contributed by atoms with Crippen LogP contribution in [-0.4, -0.2) is 20.1 Å². The largest absolute Gasteiger partial charge is 0.384 e. The lowest BCUT2D eigenvalue weighted by Crippen LogP contribution is -2.15. The average Bonchev–Trinajstić information content (AvgIpc) is 2.65. The Morgan fingerprint density at radius 3 is 2.69 bits per heavy atom. The van der Waals surface area contributed by atoms with Gasteiger partial charge in [0.15, 0.2) is 0 Å². The van der Waals surface area contributed by atoms with E-state index in [1.54, 1.807) is 24.7 Å². The van der Waals surface area contributed by atoms with Gasteiger partial charge in [-0.05, 0) is 54.6 Å². The number of aromatic nitrogens is 3. The highest BCUT2D eigenvalue weighted by Crippen LogP contribution is 2.18. The number of nitrogens with zero attached hydrogens (tertiary/aromatic N) is 3. The average molecular weight is 329 g/mol. The summed E-state index contributed by atoms with van der Waals surface area (Å²) in [5.74, 6) is 0. The van der Waals surface area contributed by atoms with E-state index in [-0.39, 0.29) is 0 Å². The Bertz CT molecular complexity index is 502. The number of hydrogen-bond donors (Lipinski definition) is 1. The maximum atomic E-state index is 9.79. The number of halogens is 1. The van der Waals surface area contributed by atoms with Crippen LogP contribution in [0.4, 0.5) is 0 Å². The summed E-state index contributed by atoms with van der Waals surface area (Å²) < 4.78 is 2.80. The van der Waals surface area contributed by atoms with E-state index in [1.807, 2.05) is 24.3 Å². The van der Waals surface area contributed by atoms with Crippen molar-refractivity contribution in [1.82, 2.24) is 15.0 Å². The van der Waals surface area contributed by atoms with Crippen molar-refractivity contribution in [3.63, 3.8) is 0 Å². The maximum Gasteiger partial charge on any atom is 0.114 e. The first-order valence-corrected chi connectivity index (χ1v) is 5.96. The van der Waals surface area contributed by atoms with Crippen molar-refractivity contribution in [2.75, 3.05) is 0 Å². The van der Waals surface area contributed by atoms with Crippen molar-refractivity contribution in [2.45, 2.75) is 19.4 Å². The lowest BCUT2D eigenvalue weighted by Gasteiger charge is -2.11. The van der Waals surface area contributed by atoms with Crippen LogP contribution in [0.3, 0.4) is 0 Å². The summed E-state index contributed by atoms with van der Waals surface area (Å²) in [6.07, 6.45) is 1.74. The Balaban J connectivity index is 2.39. The molecule has 0 radical (unpaired) electrons. The van der Waals surface area contributed by atoms with Crippen LogP contribution in [0.15, 0.2) is 30.5 Å². The Labute approximate surface area is 107 Å². The minimum absolute atomic E-state index is 0.561. The molecule has 84 valence electrons. The zero-order valence-corrected chi connectivity index (χ0v) is 11.2. The summed E-state index contributed by atoms with van der Waals surface area (Å²) in [6, 6.07) is 7.93. The molecular formula is C11H12IN3O. The molecule has 4 nitrogen and oxygen atoms in total. The monoisotopic (exact) mass is 329 g/mol. The third kappa shape index (κ3) is 2.41. The SMILES string of the molecule is CC(C)(O)c1cn(-c2cccc(I)c2)nn1. The Morgan fingerprint density at radius 1 is 1.38 bits per heavy atom. The molecule has 0 fully saturated rings. The summed E-state index contributed by atoms with van der Waals surface area (Å²) in [6.45, 7) is 3.38. The number of hydrogen-bond acceptors (Lipinski definition) is 3. The molecule has 1 N–H and O–H groups in total. The van der Waals surface area contributed by atoms with Crippen molar-refractivity contribution < 1.29 is 5.11 Å². The molecule has 0 saturated carbocycles. The second-order valence-electron chi connectivity index (χ2n) is 4.09. The van der Waals surface area contributed by atoms with E-state index in [0.717, 1.165) is 9.26 Å². The fourth-order valence-electron chi connectivity index (χ4n) is 1.29. The molecule has 0 saturated heterocycles. The van der Waals surface area contributed by atoms with Gasteiger partial charge in [-0.25, -0.2) is 4.68 Å². The summed E-state index contributed by atoms with van der Waals surface area (Å²) in [7, 11) is 0. The summed E-state index contributed by atoms with van der Waals surface area (Å²) in [5.41, 5.74) is 0.543. The molecule has 0 aliphatic rings. The molecule has 16 heavy (non-hydrogen) atoms. The predicted molar refractivity (Wildman–Crippen MR) is 69.3 cm³/mol. The van der Waals surface area contributed by atoms with Gasteiger partial charge >= 0.3 is 0 Å². The zero-order valence-electron chi connectivity index (χ0n) is 9.05. The number of rotatable bonds is 2. The van der Waals surface area contributed by atoms with Crippen LogP contribution in [0.25, 0.3) is 5.69 Å². The molecule has 5 heteroatoms. The zero-order chi connectivity index (χ0) is 11.8. The standard InChI is InChI=1S/C11H12IN3O/c1-11(2,16)10-7-15(14-13-10)9-5-3-4-8(12)6-9/h3-7,16H,1-2H3. The van der Waals surface area contributed by atoms with Crippen LogP contribution >= 0.6 is 22.6 Å². The molecule has 1 aromatic heterocycles. The second kappa shape index (κ2) is 4.14. The summed E-state index contributed by atoms with van der Waals surface area (Å²) in [5, 5.41) is 17.7. The molecule has 1 aromatic carbocycles. The van der Waals surface area contributed by atoms with Gasteiger partial charge in [-0.1, -0.05) is 11.3 Å². The highest BCUT2D eigenvalue weighted by molar-refractivity contribution is 14.1. The van der Waals surface area contributed by atoms with Gasteiger partial charge in [0.2, 0.25) is 0 Å². The maximum absolute atomic E-state index is 9.79. The third-order valence-electron chi connectivity index (χ3n) is 2.19. The van der Waals surface area contributed by atoms with Crippen molar-refractivity contribution in [1.29, 1.82) is 0 Å². The van der Waals surface area contributed by atoms with E-state index in [0.29, 0.717) is 5.69 Å². The van der Waals surface area contributed by atoms with Crippen LogP contribution < -0.4 is 0 Å². The van der Waals surface area contributed by atoms with Gasteiger partial charge < -0.3 is 5.11 Å². The molecule has 0 aliphatic heterocycles. The normalized spacial score (nSPS) is 11.8. The van der Waals surface area contributed by atoms with E-state index in [1.165, 1.54) is 0 Å². The molecule has 1 heterocycles. The Morgan fingerprint density at radius 2 is 2.12 bits per heavy atom. The van der Waals surface area contributed by atoms with Gasteiger partial charge in [-0.3, -0.25) is 0 Å². The molecule has 0 amide bonds. The number of benzene rings is 1. The molecular weight excluding hydrogens is 317 g/mol. The van der Waals surface area contributed by atoms with Crippen LogP contribution in [0.1, 0.15) is 19.5 Å². The van der Waals surface area contributed by atoms with Gasteiger partial charge in [0.1, 0.15) is 11.3 Å². The smallest absolute Gasteiger partial charge is 0.114 e. The van der Waals surface area contributed by atoms with Gasteiger partial charge in [0.25, 0.3) is 0 Å². The van der Waals surface area contributed by atoms with Crippen LogP contribution in [-0.2, 0) is 5.60 Å². The highest BCUT2D eigenvalue weighted by atomic mass is 127. The van der Waals surface area contributed by atoms with E-state index < -0.39 is 5.60 Å².